The van der Waals surface area contributed by atoms with Crippen molar-refractivity contribution in [1.82, 2.24) is 0 Å². The second-order valence-corrected chi connectivity index (χ2v) is 29.2. The largest absolute Gasteiger partial charge is 1.00 e. The Morgan fingerprint density at radius 2 is 0.738 bits per heavy atom. The first-order valence-corrected chi connectivity index (χ1v) is 37.3. The predicted octanol–water partition coefficient (Wildman–Crippen LogP) is 3.06. The molecule has 0 aliphatic carbocycles. The second-order valence-electron chi connectivity index (χ2n) is 29.2. The van der Waals surface area contributed by atoms with E-state index in [0.717, 1.165) is 42.6 Å². The fourth-order valence-electron chi connectivity index (χ4n) is 16.4. The molecular weight excluding hydrogens is 1400 g/mol. The molecule has 1 N–H and O–H groups in total. The molecule has 0 aromatic heterocycles. The van der Waals surface area contributed by atoms with Crippen LogP contribution < -0.4 is 34.7 Å². The van der Waals surface area contributed by atoms with E-state index < -0.39 is 55.9 Å². The van der Waals surface area contributed by atoms with Gasteiger partial charge in [0.2, 0.25) is 0 Å². The molecule has 0 saturated carbocycles. The summed E-state index contributed by atoms with van der Waals surface area (Å²) >= 11 is 0. The van der Waals surface area contributed by atoms with Crippen molar-refractivity contribution in [3.8, 4) is 0 Å². The molecule has 15 unspecified atom stereocenters. The van der Waals surface area contributed by atoms with Crippen LogP contribution in [0.5, 0.6) is 0 Å². The van der Waals surface area contributed by atoms with Crippen molar-refractivity contribution in [2.45, 2.75) is 225 Å². The molecule has 0 radical (unpaired) electrons. The number of aliphatic hydroxyl groups is 1. The molecule has 33 atom stereocenters. The quantitative estimate of drug-likeness (QED) is 0.0949. The number of carbonyl (C=O) groups is 1. The maximum absolute atomic E-state index is 13.1. The van der Waals surface area contributed by atoms with Crippen molar-refractivity contribution >= 4 is 5.97 Å². The fourth-order valence-corrected chi connectivity index (χ4v) is 16.4. The van der Waals surface area contributed by atoms with E-state index in [0.29, 0.717) is 51.8 Å². The summed E-state index contributed by atoms with van der Waals surface area (Å²) in [5.74, 6) is -0.846. The van der Waals surface area contributed by atoms with Gasteiger partial charge in [-0.1, -0.05) is 160 Å². The van der Waals surface area contributed by atoms with Crippen LogP contribution in [0.25, 0.3) is 0 Å². The van der Waals surface area contributed by atoms with Gasteiger partial charge >= 0.3 is 35.5 Å². The summed E-state index contributed by atoms with van der Waals surface area (Å²) in [7, 11) is 0.750. The van der Waals surface area contributed by atoms with Gasteiger partial charge < -0.3 is 124 Å². The van der Waals surface area contributed by atoms with E-state index >= 15 is 0 Å². The molecule has 0 spiro atoms. The number of benzene rings is 5. The van der Waals surface area contributed by atoms with E-state index in [1.807, 2.05) is 129 Å². The number of rotatable bonds is 14. The Morgan fingerprint density at radius 3 is 1.15 bits per heavy atom. The second kappa shape index (κ2) is 34.5. The Bertz CT molecular complexity index is 3610. The Balaban J connectivity index is 0.000000117. The van der Waals surface area contributed by atoms with E-state index in [1.54, 1.807) is 24.3 Å². The van der Waals surface area contributed by atoms with Crippen molar-refractivity contribution in [3.63, 3.8) is 0 Å². The predicted molar refractivity (Wildman–Crippen MR) is 361 cm³/mol. The van der Waals surface area contributed by atoms with Crippen LogP contribution in [-0.2, 0) is 120 Å². The molecule has 572 valence electrons. The van der Waals surface area contributed by atoms with Crippen LogP contribution in [0.1, 0.15) is 85.1 Å². The van der Waals surface area contributed by atoms with E-state index in [1.165, 1.54) is 12.8 Å². The van der Waals surface area contributed by atoms with Crippen LogP contribution in [0.4, 0.5) is 0 Å². The molecule has 6 bridgehead atoms. The van der Waals surface area contributed by atoms with Gasteiger partial charge in [0.1, 0.15) is 104 Å². The zero-order chi connectivity index (χ0) is 71.9. The summed E-state index contributed by atoms with van der Waals surface area (Å²) in [6.07, 6.45) is -7.76. The zero-order valence-corrected chi connectivity index (χ0v) is 62.3. The van der Waals surface area contributed by atoms with Crippen molar-refractivity contribution in [2.75, 3.05) is 60.0 Å². The van der Waals surface area contributed by atoms with Crippen LogP contribution in [-0.4, -0.2) is 237 Å². The van der Waals surface area contributed by atoms with E-state index in [4.69, 9.17) is 119 Å². The third-order valence-electron chi connectivity index (χ3n) is 22.3. The van der Waals surface area contributed by atoms with Gasteiger partial charge in [-0.15, -0.1) is 0 Å². The van der Waals surface area contributed by atoms with Gasteiger partial charge in [0.25, 0.3) is 0 Å². The minimum absolute atomic E-state index is 0. The molecule has 107 heavy (non-hydrogen) atoms. The smallest absolute Gasteiger partial charge is 0.857 e. The zero-order valence-electron chi connectivity index (χ0n) is 60.3. The average molecular weight is 1500 g/mol. The Hall–Kier alpha value is -4.43. The molecule has 5 aromatic carbocycles. The summed E-state index contributed by atoms with van der Waals surface area (Å²) < 4.78 is 144. The van der Waals surface area contributed by atoms with Crippen molar-refractivity contribution in [3.05, 3.63) is 179 Å². The van der Waals surface area contributed by atoms with Crippen molar-refractivity contribution < 1.29 is 158 Å². The number of aliphatic hydroxyl groups excluding tert-OH is 1. The summed E-state index contributed by atoms with van der Waals surface area (Å²) in [6, 6.07) is 48.5. The summed E-state index contributed by atoms with van der Waals surface area (Å²) in [4.78, 5) is 13.1. The molecule has 16 aliphatic rings. The summed E-state index contributed by atoms with van der Waals surface area (Å²) in [5, 5.41) is 19.1. The first-order chi connectivity index (χ1) is 52.1. The number of fused-ring (bicyclic) bond motifs is 15. The normalized spacial score (nSPS) is 43.5. The van der Waals surface area contributed by atoms with Crippen LogP contribution in [0.2, 0.25) is 0 Å². The molecule has 16 fully saturated rings. The Morgan fingerprint density at radius 1 is 0.383 bits per heavy atom. The van der Waals surface area contributed by atoms with Gasteiger partial charge in [0, 0.05) is 47.7 Å². The number of esters is 1. The number of carbonyl (C=O) groups excluding carboxylic acids is 1. The van der Waals surface area contributed by atoms with Gasteiger partial charge in [-0.3, -0.25) is 0 Å². The maximum Gasteiger partial charge on any atom is 1.00 e. The minimum Gasteiger partial charge on any atom is -0.857 e. The first-order valence-electron chi connectivity index (χ1n) is 37.3. The van der Waals surface area contributed by atoms with Gasteiger partial charge in [-0.05, 0) is 30.5 Å². The minimum atomic E-state index is -0.843. The number of ether oxygens (including phenoxy) is 24. The van der Waals surface area contributed by atoms with Crippen LogP contribution in [0, 0.1) is 17.8 Å². The van der Waals surface area contributed by atoms with Gasteiger partial charge in [-0.2, -0.15) is 7.11 Å². The van der Waals surface area contributed by atoms with Gasteiger partial charge in [0.15, 0.2) is 62.7 Å². The van der Waals surface area contributed by atoms with Gasteiger partial charge in [-0.25, -0.2) is 4.79 Å². The Kier molecular flexibility index (Phi) is 24.7. The molecule has 28 heteroatoms. The van der Waals surface area contributed by atoms with Crippen LogP contribution in [0.15, 0.2) is 152 Å². The third-order valence-corrected chi connectivity index (χ3v) is 22.3. The monoisotopic (exact) mass is 1500 g/mol. The SMILES string of the molecule is C1CCOC1.C[C@@H]1C(O)[C@H](O[C@H]2C3O[C@H]3C3OC[C@H]2O3)OC2COC(c3ccccc3)O[C@H]21.C[C@@H]1C(OC(=O)c2ccccc2)[C@H](O[C@H]2C3O[C@H]3C3OC[C@H]2O3)OC2COC(c3ccccc3)O[C@H]21.C[C@@H]1C(OCc2ccccc2)[C@H](O[C@H]2C3O[C@H]3C3OC[C@H]2O3)OC2COC(c3ccccc3)O[C@H]21.C[O-].[Na+]. The molecule has 16 saturated heterocycles. The van der Waals surface area contributed by atoms with E-state index in [2.05, 4.69) is 19.1 Å². The van der Waals surface area contributed by atoms with E-state index in [-0.39, 0.29) is 182 Å². The van der Waals surface area contributed by atoms with Crippen molar-refractivity contribution in [1.29, 1.82) is 0 Å². The Labute approximate surface area is 642 Å². The molecule has 5 aromatic rings. The van der Waals surface area contributed by atoms with E-state index in [9.17, 15) is 9.90 Å². The number of hydrogen-bond acceptors (Lipinski definition) is 27. The van der Waals surface area contributed by atoms with Crippen LogP contribution in [0.3, 0.4) is 0 Å². The maximum atomic E-state index is 13.1. The molecule has 21 rings (SSSR count). The topological polar surface area (TPSA) is 292 Å². The molecule has 27 nitrogen and oxygen atoms in total. The fraction of sp³-hybridized carbons (Fsp3) is 0.608. The molecule has 16 heterocycles. The molecule has 16 aliphatic heterocycles. The number of hydrogen-bond donors (Lipinski definition) is 1. The number of epoxide rings is 3. The molecular formula is C79H93NaO27. The van der Waals surface area contributed by atoms with Gasteiger partial charge in [0.05, 0.1) is 70.1 Å². The molecule has 0 amide bonds. The van der Waals surface area contributed by atoms with Crippen molar-refractivity contribution in [2.24, 2.45) is 17.8 Å². The summed E-state index contributed by atoms with van der Waals surface area (Å²) in [6.45, 7) is 11.1. The standard InChI is InChI=1S/C27H28O9.C27H30O8.C20H24O8.C4H8O.CH3O.Na/c1-14-19-17(12-29-25(35-19)16-10-6-3-7-11-16)32-27(20(14)34-24(28)15-8-4-2-5-9-15)36-21-18-13-30-26(31-18)23-22(21)33-23;1-15-20-18(13-29-25(34-20)17-10-6-3-7-11-17)32-27(21(15)28-12-16-8-4-2-5-9-16)35-22-19-14-30-26(31-19)24-23(22)33-24;1-9-13(21)19(28-15-12-8-23-20(25-12)17-16(15)26-17)24-11-7-22-18(27-14(9)11)10-5-3-2-4-6-10;1-2-4-5-3-1;1-2;/h2-11,14,17-23,25-27H,12-13H2,1H3;2-11,15,18-27H,12-14H2,1H3;2-6,9,11-21H,7-8H2,1H3;1-4H2;1H3;/q;;;;-1;+1/t14-,17?,18+,19-,20?,21+,22?,23+,25?,26?,27-;15-,18?,19+,20-,21?,22+,23?,24+,25?,26?,27-;9-,11?,12-,13?,14+,15-,16?,17-,18?,19+,20?;;;/m001.../s1. The van der Waals surface area contributed by atoms with Crippen LogP contribution >= 0.6 is 0 Å². The summed E-state index contributed by atoms with van der Waals surface area (Å²) in [5.41, 5.74) is 4.42. The first kappa shape index (κ1) is 76.6. The average Bonchev–Trinajstić information content (AvgIpc) is 1.51. The third kappa shape index (κ3) is 16.7.